The summed E-state index contributed by atoms with van der Waals surface area (Å²) in [4.78, 5) is 48.9. The second-order valence-corrected chi connectivity index (χ2v) is 10.7. The molecule has 4 aromatic rings. The molecule has 0 bridgehead atoms. The van der Waals surface area contributed by atoms with Gasteiger partial charge in [-0.3, -0.25) is 19.4 Å². The third-order valence-corrected chi connectivity index (χ3v) is 7.99. The van der Waals surface area contributed by atoms with Crippen molar-refractivity contribution in [2.24, 2.45) is 0 Å². The van der Waals surface area contributed by atoms with Gasteiger partial charge in [0, 0.05) is 28.9 Å². The second-order valence-electron chi connectivity index (χ2n) is 8.77. The number of carbonyl (C=O) groups is 3. The van der Waals surface area contributed by atoms with Crippen LogP contribution in [-0.4, -0.2) is 45.1 Å². The molecule has 0 spiro atoms. The van der Waals surface area contributed by atoms with Crippen LogP contribution < -0.4 is 5.32 Å². The Morgan fingerprint density at radius 1 is 0.944 bits per heavy atom. The topological polar surface area (TPSA) is 92.3 Å². The van der Waals surface area contributed by atoms with E-state index in [9.17, 15) is 14.4 Å². The van der Waals surface area contributed by atoms with Gasteiger partial charge < -0.3 is 10.2 Å². The van der Waals surface area contributed by atoms with Crippen molar-refractivity contribution in [2.75, 3.05) is 11.9 Å². The number of aryl methyl sites for hydroxylation is 2. The lowest BCUT2D eigenvalue weighted by Crippen LogP contribution is -2.56. The number of pyridine rings is 1. The molecule has 1 aromatic carbocycles. The van der Waals surface area contributed by atoms with Gasteiger partial charge in [-0.05, 0) is 68.7 Å². The summed E-state index contributed by atoms with van der Waals surface area (Å²) in [6, 6.07) is 15.0. The van der Waals surface area contributed by atoms with Crippen LogP contribution in [0.1, 0.15) is 44.1 Å². The Morgan fingerprint density at radius 2 is 1.67 bits per heavy atom. The summed E-state index contributed by atoms with van der Waals surface area (Å²) < 4.78 is 0. The summed E-state index contributed by atoms with van der Waals surface area (Å²) in [7, 11) is 0. The van der Waals surface area contributed by atoms with Crippen molar-refractivity contribution in [2.45, 2.75) is 33.2 Å². The summed E-state index contributed by atoms with van der Waals surface area (Å²) in [6.07, 6.45) is 0.591. The van der Waals surface area contributed by atoms with Crippen LogP contribution in [0.25, 0.3) is 22.4 Å². The van der Waals surface area contributed by atoms with E-state index in [1.54, 1.807) is 17.0 Å². The van der Waals surface area contributed by atoms with Gasteiger partial charge in [0.05, 0.1) is 15.4 Å². The molecule has 36 heavy (non-hydrogen) atoms. The number of benzene rings is 1. The van der Waals surface area contributed by atoms with Gasteiger partial charge in [-0.15, -0.1) is 22.7 Å². The number of hydrogen-bond donors (Lipinski definition) is 1. The fraction of sp³-hybridized carbons (Fsp3) is 0.222. The number of thiophene rings is 1. The SMILES string of the molecule is CC(=O)c1ccc(C(=O)N2CC[C@H]2C(=O)Nc2nc(-c3cccc(-c4cc(C)nc(C)c4)c3)cs2)s1. The number of Topliss-reactive ketones (excluding diaryl/α,β-unsaturated/α-hetero) is 1. The van der Waals surface area contributed by atoms with Gasteiger partial charge in [-0.25, -0.2) is 4.98 Å². The monoisotopic (exact) mass is 516 g/mol. The Bertz CT molecular complexity index is 1470. The van der Waals surface area contributed by atoms with Crippen LogP contribution in [0, 0.1) is 13.8 Å². The zero-order valence-electron chi connectivity index (χ0n) is 20.1. The van der Waals surface area contributed by atoms with Crippen molar-refractivity contribution in [1.29, 1.82) is 0 Å². The first-order chi connectivity index (χ1) is 17.3. The predicted molar refractivity (Wildman–Crippen MR) is 143 cm³/mol. The number of likely N-dealkylation sites (tertiary alicyclic amines) is 1. The van der Waals surface area contributed by atoms with Crippen LogP contribution in [0.15, 0.2) is 53.9 Å². The van der Waals surface area contributed by atoms with E-state index in [4.69, 9.17) is 0 Å². The number of aromatic nitrogens is 2. The molecule has 3 aromatic heterocycles. The highest BCUT2D eigenvalue weighted by Gasteiger charge is 2.38. The maximum Gasteiger partial charge on any atom is 0.264 e. The summed E-state index contributed by atoms with van der Waals surface area (Å²) in [5.74, 6) is -0.555. The molecule has 182 valence electrons. The Kier molecular flexibility index (Phi) is 6.51. The van der Waals surface area contributed by atoms with Crippen molar-refractivity contribution in [3.63, 3.8) is 0 Å². The molecule has 1 fully saturated rings. The smallest absolute Gasteiger partial charge is 0.264 e. The number of hydrogen-bond acceptors (Lipinski definition) is 7. The lowest BCUT2D eigenvalue weighted by Gasteiger charge is -2.39. The number of amides is 2. The van der Waals surface area contributed by atoms with Crippen molar-refractivity contribution in [3.05, 3.63) is 75.1 Å². The number of nitrogens with zero attached hydrogens (tertiary/aromatic N) is 3. The molecule has 4 heterocycles. The number of anilines is 1. The fourth-order valence-corrected chi connectivity index (χ4v) is 5.78. The average Bonchev–Trinajstić information content (AvgIpc) is 3.48. The molecule has 0 unspecified atom stereocenters. The van der Waals surface area contributed by atoms with Crippen molar-refractivity contribution in [3.8, 4) is 22.4 Å². The Balaban J connectivity index is 1.28. The maximum atomic E-state index is 12.9. The molecule has 1 aliphatic rings. The standard InChI is InChI=1S/C27H24N4O3S2/c1-15-11-20(12-16(2)28-15)18-5-4-6-19(13-18)21-14-35-27(29-21)30-25(33)22-9-10-31(22)26(34)24-8-7-23(36-24)17(3)32/h4-8,11-14,22H,9-10H2,1-3H3,(H,29,30,33)/t22-/m0/s1. The largest absolute Gasteiger partial charge is 0.326 e. The molecule has 1 N–H and O–H groups in total. The molecule has 2 amide bonds. The van der Waals surface area contributed by atoms with E-state index in [-0.39, 0.29) is 17.6 Å². The molecule has 5 rings (SSSR count). The highest BCUT2D eigenvalue weighted by Crippen LogP contribution is 2.31. The van der Waals surface area contributed by atoms with E-state index >= 15 is 0 Å². The lowest BCUT2D eigenvalue weighted by molar-refractivity contribution is -0.123. The maximum absolute atomic E-state index is 12.9. The van der Waals surface area contributed by atoms with Gasteiger partial charge in [0.25, 0.3) is 5.91 Å². The minimum absolute atomic E-state index is 0.0759. The number of carbonyl (C=O) groups excluding carboxylic acids is 3. The van der Waals surface area contributed by atoms with E-state index in [1.807, 2.05) is 31.4 Å². The first kappa shape index (κ1) is 24.0. The Labute approximate surface area is 216 Å². The Morgan fingerprint density at radius 3 is 2.33 bits per heavy atom. The quantitative estimate of drug-likeness (QED) is 0.337. The van der Waals surface area contributed by atoms with Crippen LogP contribution >= 0.6 is 22.7 Å². The summed E-state index contributed by atoms with van der Waals surface area (Å²) >= 11 is 2.51. The zero-order chi connectivity index (χ0) is 25.4. The molecule has 0 aliphatic carbocycles. The molecule has 1 aliphatic heterocycles. The molecule has 0 radical (unpaired) electrons. The molecular weight excluding hydrogens is 492 g/mol. The van der Waals surface area contributed by atoms with Crippen LogP contribution in [-0.2, 0) is 4.79 Å². The van der Waals surface area contributed by atoms with Crippen LogP contribution in [0.4, 0.5) is 5.13 Å². The van der Waals surface area contributed by atoms with E-state index in [2.05, 4.69) is 39.6 Å². The number of nitrogens with one attached hydrogen (secondary N) is 1. The molecule has 7 nitrogen and oxygen atoms in total. The third kappa shape index (κ3) is 4.84. The molecule has 9 heteroatoms. The van der Waals surface area contributed by atoms with Gasteiger partial charge >= 0.3 is 0 Å². The van der Waals surface area contributed by atoms with Gasteiger partial charge in [0.15, 0.2) is 10.9 Å². The highest BCUT2D eigenvalue weighted by molar-refractivity contribution is 7.16. The predicted octanol–water partition coefficient (Wildman–Crippen LogP) is 5.61. The molecule has 0 saturated carbocycles. The summed E-state index contributed by atoms with van der Waals surface area (Å²) in [6.45, 7) is 5.94. The minimum atomic E-state index is -0.547. The first-order valence-electron chi connectivity index (χ1n) is 11.5. The molecule has 1 saturated heterocycles. The number of rotatable bonds is 6. The summed E-state index contributed by atoms with van der Waals surface area (Å²) in [5, 5.41) is 5.27. The van der Waals surface area contributed by atoms with Gasteiger partial charge in [0.2, 0.25) is 5.91 Å². The minimum Gasteiger partial charge on any atom is -0.326 e. The van der Waals surface area contributed by atoms with E-state index in [1.165, 1.54) is 18.3 Å². The van der Waals surface area contributed by atoms with Crippen molar-refractivity contribution < 1.29 is 14.4 Å². The van der Waals surface area contributed by atoms with E-state index in [0.717, 1.165) is 45.1 Å². The van der Waals surface area contributed by atoms with Crippen LogP contribution in [0.3, 0.4) is 0 Å². The van der Waals surface area contributed by atoms with Crippen LogP contribution in [0.5, 0.6) is 0 Å². The van der Waals surface area contributed by atoms with Gasteiger partial charge in [-0.1, -0.05) is 18.2 Å². The molecular formula is C27H24N4O3S2. The Hall–Kier alpha value is -3.69. The third-order valence-electron chi connectivity index (χ3n) is 6.05. The second kappa shape index (κ2) is 9.75. The fourth-order valence-electron chi connectivity index (χ4n) is 4.20. The van der Waals surface area contributed by atoms with Crippen LogP contribution in [0.2, 0.25) is 0 Å². The highest BCUT2D eigenvalue weighted by atomic mass is 32.1. The lowest BCUT2D eigenvalue weighted by atomic mass is 10.0. The van der Waals surface area contributed by atoms with Crippen molar-refractivity contribution in [1.82, 2.24) is 14.9 Å². The van der Waals surface area contributed by atoms with Gasteiger partial charge in [0.1, 0.15) is 6.04 Å². The van der Waals surface area contributed by atoms with E-state index in [0.29, 0.717) is 27.9 Å². The molecule has 1 atom stereocenters. The van der Waals surface area contributed by atoms with Gasteiger partial charge in [-0.2, -0.15) is 0 Å². The number of ketones is 1. The van der Waals surface area contributed by atoms with E-state index < -0.39 is 6.04 Å². The first-order valence-corrected chi connectivity index (χ1v) is 13.2. The van der Waals surface area contributed by atoms with Crippen molar-refractivity contribution >= 4 is 45.4 Å². The average molecular weight is 517 g/mol. The number of thiazole rings is 1. The zero-order valence-corrected chi connectivity index (χ0v) is 21.7. The summed E-state index contributed by atoms with van der Waals surface area (Å²) in [5.41, 5.74) is 5.84. The normalized spacial score (nSPS) is 14.9.